The number of hydrogen-bond acceptors (Lipinski definition) is 7. The van der Waals surface area contributed by atoms with Crippen molar-refractivity contribution < 1.29 is 14.3 Å². The lowest BCUT2D eigenvalue weighted by Gasteiger charge is -2.09. The van der Waals surface area contributed by atoms with Gasteiger partial charge in [0.25, 0.3) is 5.91 Å². The fourth-order valence-corrected chi connectivity index (χ4v) is 4.48. The predicted molar refractivity (Wildman–Crippen MR) is 137 cm³/mol. The number of allylic oxidation sites excluding steroid dienone is 1. The summed E-state index contributed by atoms with van der Waals surface area (Å²) >= 11 is 1.11. The van der Waals surface area contributed by atoms with Gasteiger partial charge in [-0.25, -0.2) is 4.98 Å². The molecular formula is C26H21N5O3S. The topological polar surface area (TPSA) is 99.0 Å². The van der Waals surface area contributed by atoms with Crippen molar-refractivity contribution in [3.63, 3.8) is 0 Å². The first-order chi connectivity index (χ1) is 17.1. The minimum absolute atomic E-state index is 0.0452. The number of nitrogens with zero attached hydrogens (tertiary/aromatic N) is 4. The van der Waals surface area contributed by atoms with Crippen LogP contribution in [0, 0.1) is 0 Å². The highest BCUT2D eigenvalue weighted by Crippen LogP contribution is 2.27. The molecule has 35 heavy (non-hydrogen) atoms. The Kier molecular flexibility index (Phi) is 6.40. The maximum atomic E-state index is 12.3. The summed E-state index contributed by atoms with van der Waals surface area (Å²) in [6.45, 7) is 4.01. The molecule has 0 fully saturated rings. The van der Waals surface area contributed by atoms with E-state index in [-0.39, 0.29) is 12.4 Å². The smallest absolute Gasteiger partial charge is 0.316 e. The molecule has 0 aliphatic carbocycles. The SMILES string of the molecule is C=CCn1c2ccccc2c2nnc(SCC(=O)OCC(=O)Nc3cccc4ccccc34)nc21. The van der Waals surface area contributed by atoms with Crippen LogP contribution in [-0.4, -0.2) is 44.0 Å². The number of carbonyl (C=O) groups is 2. The Hall–Kier alpha value is -4.24. The summed E-state index contributed by atoms with van der Waals surface area (Å²) < 4.78 is 7.15. The van der Waals surface area contributed by atoms with Gasteiger partial charge in [-0.15, -0.1) is 16.8 Å². The molecule has 2 aromatic heterocycles. The summed E-state index contributed by atoms with van der Waals surface area (Å²) in [7, 11) is 0. The maximum absolute atomic E-state index is 12.3. The van der Waals surface area contributed by atoms with Crippen molar-refractivity contribution in [1.29, 1.82) is 0 Å². The van der Waals surface area contributed by atoms with Crippen LogP contribution in [0.5, 0.6) is 0 Å². The van der Waals surface area contributed by atoms with Gasteiger partial charge in [0.1, 0.15) is 5.52 Å². The Bertz CT molecular complexity index is 1570. The Labute approximate surface area is 205 Å². The van der Waals surface area contributed by atoms with Crippen molar-refractivity contribution >= 4 is 62.2 Å². The van der Waals surface area contributed by atoms with Crippen LogP contribution in [0.3, 0.4) is 0 Å². The van der Waals surface area contributed by atoms with E-state index in [2.05, 4.69) is 27.1 Å². The fraction of sp³-hybridized carbons (Fsp3) is 0.115. The number of rotatable bonds is 8. The van der Waals surface area contributed by atoms with Crippen molar-refractivity contribution in [2.24, 2.45) is 0 Å². The average Bonchev–Trinajstić information content (AvgIpc) is 3.20. The van der Waals surface area contributed by atoms with Gasteiger partial charge in [0.2, 0.25) is 5.16 Å². The molecule has 0 aliphatic rings. The summed E-state index contributed by atoms with van der Waals surface area (Å²) in [4.78, 5) is 29.2. The van der Waals surface area contributed by atoms with E-state index in [1.165, 1.54) is 0 Å². The third-order valence-corrected chi connectivity index (χ3v) is 6.22. The summed E-state index contributed by atoms with van der Waals surface area (Å²) in [5, 5.41) is 14.5. The molecule has 0 saturated carbocycles. The minimum Gasteiger partial charge on any atom is -0.455 e. The van der Waals surface area contributed by atoms with E-state index in [4.69, 9.17) is 4.74 Å². The first-order valence-electron chi connectivity index (χ1n) is 10.9. The maximum Gasteiger partial charge on any atom is 0.316 e. The summed E-state index contributed by atoms with van der Waals surface area (Å²) in [6, 6.07) is 21.2. The minimum atomic E-state index is -0.543. The van der Waals surface area contributed by atoms with E-state index >= 15 is 0 Å². The first-order valence-corrected chi connectivity index (χ1v) is 11.9. The summed E-state index contributed by atoms with van der Waals surface area (Å²) in [5.41, 5.74) is 3.02. The molecule has 0 atom stereocenters. The number of fused-ring (bicyclic) bond motifs is 4. The molecule has 174 valence electrons. The third-order valence-electron chi connectivity index (χ3n) is 5.41. The van der Waals surface area contributed by atoms with Crippen LogP contribution in [0.1, 0.15) is 0 Å². The molecule has 9 heteroatoms. The molecule has 0 radical (unpaired) electrons. The first kappa shape index (κ1) is 22.5. The van der Waals surface area contributed by atoms with Crippen molar-refractivity contribution in [2.75, 3.05) is 17.7 Å². The fourth-order valence-electron chi connectivity index (χ4n) is 3.90. The molecule has 0 spiro atoms. The highest BCUT2D eigenvalue weighted by molar-refractivity contribution is 7.99. The van der Waals surface area contributed by atoms with E-state index in [0.717, 1.165) is 33.4 Å². The number of esters is 1. The van der Waals surface area contributed by atoms with Crippen molar-refractivity contribution in [2.45, 2.75) is 11.7 Å². The lowest BCUT2D eigenvalue weighted by Crippen LogP contribution is -2.21. The van der Waals surface area contributed by atoms with Gasteiger partial charge in [0, 0.05) is 23.0 Å². The predicted octanol–water partition coefficient (Wildman–Crippen LogP) is 4.59. The molecule has 0 bridgehead atoms. The summed E-state index contributed by atoms with van der Waals surface area (Å²) in [6.07, 6.45) is 1.79. The van der Waals surface area contributed by atoms with E-state index in [0.29, 0.717) is 28.6 Å². The van der Waals surface area contributed by atoms with E-state index in [1.54, 1.807) is 6.08 Å². The molecule has 8 nitrogen and oxygen atoms in total. The second kappa shape index (κ2) is 9.94. The van der Waals surface area contributed by atoms with E-state index in [9.17, 15) is 9.59 Å². The van der Waals surface area contributed by atoms with Gasteiger partial charge in [-0.2, -0.15) is 0 Å². The Balaban J connectivity index is 1.21. The van der Waals surface area contributed by atoms with Crippen LogP contribution < -0.4 is 5.32 Å². The molecular weight excluding hydrogens is 462 g/mol. The Morgan fingerprint density at radius 3 is 2.63 bits per heavy atom. The largest absolute Gasteiger partial charge is 0.455 e. The number of para-hydroxylation sites is 1. The molecule has 0 aliphatic heterocycles. The zero-order chi connectivity index (χ0) is 24.2. The molecule has 2 heterocycles. The van der Waals surface area contributed by atoms with Crippen LogP contribution in [0.2, 0.25) is 0 Å². The number of thioether (sulfide) groups is 1. The number of ether oxygens (including phenoxy) is 1. The molecule has 1 N–H and O–H groups in total. The van der Waals surface area contributed by atoms with Crippen LogP contribution in [-0.2, 0) is 20.9 Å². The number of carbonyl (C=O) groups excluding carboxylic acids is 2. The van der Waals surface area contributed by atoms with Gasteiger partial charge in [0.15, 0.2) is 12.3 Å². The van der Waals surface area contributed by atoms with Gasteiger partial charge in [-0.1, -0.05) is 72.4 Å². The zero-order valence-electron chi connectivity index (χ0n) is 18.7. The number of hydrogen-bond donors (Lipinski definition) is 1. The van der Waals surface area contributed by atoms with Crippen LogP contribution in [0.15, 0.2) is 84.5 Å². The highest BCUT2D eigenvalue weighted by Gasteiger charge is 2.16. The van der Waals surface area contributed by atoms with Crippen molar-refractivity contribution in [3.05, 3.63) is 79.4 Å². The second-order valence-electron chi connectivity index (χ2n) is 7.71. The van der Waals surface area contributed by atoms with Crippen molar-refractivity contribution in [3.8, 4) is 0 Å². The van der Waals surface area contributed by atoms with Crippen LogP contribution in [0.25, 0.3) is 32.8 Å². The highest BCUT2D eigenvalue weighted by atomic mass is 32.2. The molecule has 5 rings (SSSR count). The molecule has 0 unspecified atom stereocenters. The average molecular weight is 484 g/mol. The van der Waals surface area contributed by atoms with Crippen LogP contribution >= 0.6 is 11.8 Å². The number of anilines is 1. The number of nitrogens with one attached hydrogen (secondary N) is 1. The van der Waals surface area contributed by atoms with Crippen LogP contribution in [0.4, 0.5) is 5.69 Å². The van der Waals surface area contributed by atoms with E-state index in [1.807, 2.05) is 71.3 Å². The van der Waals surface area contributed by atoms with Gasteiger partial charge in [-0.3, -0.25) is 9.59 Å². The molecule has 1 amide bonds. The number of aromatic nitrogens is 4. The summed E-state index contributed by atoms with van der Waals surface area (Å²) in [5.74, 6) is -0.998. The second-order valence-corrected chi connectivity index (χ2v) is 8.65. The Morgan fingerprint density at radius 2 is 1.77 bits per heavy atom. The zero-order valence-corrected chi connectivity index (χ0v) is 19.5. The number of amides is 1. The molecule has 0 saturated heterocycles. The monoisotopic (exact) mass is 483 g/mol. The molecule has 3 aromatic carbocycles. The van der Waals surface area contributed by atoms with Gasteiger partial charge < -0.3 is 14.6 Å². The van der Waals surface area contributed by atoms with Crippen molar-refractivity contribution in [1.82, 2.24) is 19.7 Å². The van der Waals surface area contributed by atoms with E-state index < -0.39 is 11.9 Å². The van der Waals surface area contributed by atoms with Gasteiger partial charge >= 0.3 is 5.97 Å². The molecule has 5 aromatic rings. The quantitative estimate of drug-likeness (QED) is 0.196. The lowest BCUT2D eigenvalue weighted by molar-refractivity contribution is -0.144. The third kappa shape index (κ3) is 4.71. The Morgan fingerprint density at radius 1 is 1.00 bits per heavy atom. The number of benzene rings is 3. The lowest BCUT2D eigenvalue weighted by atomic mass is 10.1. The van der Waals surface area contributed by atoms with Gasteiger partial charge in [-0.05, 0) is 17.5 Å². The standard InChI is InChI=1S/C26H21N5O3S/c1-2-14-31-21-13-6-5-11-19(21)24-25(31)28-26(30-29-24)35-16-23(33)34-15-22(32)27-20-12-7-9-17-8-3-4-10-18(17)20/h2-13H,1,14-16H2,(H,27,32). The van der Waals surface area contributed by atoms with Gasteiger partial charge in [0.05, 0.1) is 11.3 Å². The normalized spacial score (nSPS) is 11.1.